The SMILES string of the molecule is Cc1cc(SCC2=C(C(=O)O)N3C(=O)[C@@H](NC(=O)C(=NOC(C(=O)OC(c4ccccc4)c4ccccc4)c4cc5c(C)c(C)c4OCO5)c4csc(N)n4)[C@H]3SC2)n2nc(C(=O)OC(c3ccccc3)c3ccccc3)nc2n1. The van der Waals surface area contributed by atoms with Crippen LogP contribution in [0.15, 0.2) is 160 Å². The molecule has 2 bridgehead atoms. The number of nitrogens with one attached hydrogen (secondary N) is 1. The number of carboxylic acids is 1. The molecule has 0 radical (unpaired) electrons. The average Bonchev–Trinajstić information content (AvgIpc) is 4.08. The number of thiazole rings is 1. The second kappa shape index (κ2) is 22.7. The maximum atomic E-state index is 14.7. The molecule has 1 fully saturated rings. The van der Waals surface area contributed by atoms with Crippen molar-refractivity contribution >= 4 is 81.2 Å². The van der Waals surface area contributed by atoms with E-state index in [1.54, 1.807) is 19.1 Å². The van der Waals surface area contributed by atoms with Crippen molar-refractivity contribution in [2.45, 2.75) is 55.5 Å². The number of hydrogen-bond donors (Lipinski definition) is 3. The first kappa shape index (κ1) is 53.0. The minimum Gasteiger partial charge on any atom is -0.477 e. The zero-order valence-electron chi connectivity index (χ0n) is 42.7. The number of aryl methyl sites for hydroxylation is 1. The van der Waals surface area contributed by atoms with Crippen molar-refractivity contribution in [2.24, 2.45) is 5.16 Å². The van der Waals surface area contributed by atoms with Crippen molar-refractivity contribution in [1.29, 1.82) is 0 Å². The molecule has 12 rings (SSSR count). The lowest BCUT2D eigenvalue weighted by molar-refractivity contribution is -0.162. The Balaban J connectivity index is 0.834. The number of aromatic nitrogens is 5. The molecule has 4 N–H and O–H groups in total. The van der Waals surface area contributed by atoms with Crippen LogP contribution in [0.2, 0.25) is 0 Å². The zero-order chi connectivity index (χ0) is 55.6. The summed E-state index contributed by atoms with van der Waals surface area (Å²) in [6.45, 7) is 5.26. The van der Waals surface area contributed by atoms with E-state index in [0.29, 0.717) is 44.5 Å². The quantitative estimate of drug-likeness (QED) is 0.0183. The van der Waals surface area contributed by atoms with Gasteiger partial charge in [-0.15, -0.1) is 40.0 Å². The van der Waals surface area contributed by atoms with Gasteiger partial charge in [-0.25, -0.2) is 24.4 Å². The molecule has 0 spiro atoms. The molecule has 404 valence electrons. The highest BCUT2D eigenvalue weighted by Gasteiger charge is 2.54. The normalized spacial score (nSPS) is 16.1. The van der Waals surface area contributed by atoms with Gasteiger partial charge in [0.2, 0.25) is 6.79 Å². The van der Waals surface area contributed by atoms with Crippen LogP contribution in [0, 0.1) is 20.8 Å². The Bertz CT molecular complexity index is 3690. The van der Waals surface area contributed by atoms with Crippen molar-refractivity contribution < 1.29 is 52.9 Å². The van der Waals surface area contributed by atoms with Gasteiger partial charge in [-0.3, -0.25) is 14.5 Å². The number of esters is 2. The van der Waals surface area contributed by atoms with Gasteiger partial charge in [0.25, 0.3) is 29.5 Å². The summed E-state index contributed by atoms with van der Waals surface area (Å²) in [5, 5.41) is 23.3. The number of carbonyl (C=O) groups excluding carboxylic acids is 4. The number of ether oxygens (including phenoxy) is 4. The van der Waals surface area contributed by atoms with E-state index in [1.165, 1.54) is 33.4 Å². The molecule has 5 aromatic carbocycles. The lowest BCUT2D eigenvalue weighted by Crippen LogP contribution is -2.71. The van der Waals surface area contributed by atoms with E-state index in [9.17, 15) is 29.1 Å². The topological polar surface area (TPSA) is 261 Å². The fourth-order valence-corrected chi connectivity index (χ4v) is 12.4. The van der Waals surface area contributed by atoms with Crippen LogP contribution in [0.3, 0.4) is 0 Å². The Labute approximate surface area is 469 Å². The number of amides is 2. The standard InChI is InChI=1S/C57H47N9O11S3/c1-30-24-41(66-57(59-30)62-49(63-66)55(72)76-47(35-20-12-6-13-21-35)36-22-14-7-15-23-36)78-26-37-27-79-52-43(51(68)65(52)44(37)53(69)70)61-50(67)42(39-28-80-56(58)60-39)64-77-48(38-25-40-31(2)32(3)45(38)74-29-73-40)54(71)75-46(33-16-8-4-9-17-33)34-18-10-5-11-19-34/h4-25,28,43,46-48,52H,26-27,29H2,1-3H3,(H2,58,60)(H,61,67)(H,69,70)/t43-,48?,52-/m1/s1. The van der Waals surface area contributed by atoms with Crippen LogP contribution in [0.4, 0.5) is 5.13 Å². The number of oxime groups is 1. The fourth-order valence-electron chi connectivity index (χ4n) is 9.32. The predicted molar refractivity (Wildman–Crippen MR) is 296 cm³/mol. The lowest BCUT2D eigenvalue weighted by Gasteiger charge is -2.49. The first-order valence-corrected chi connectivity index (χ1v) is 27.8. The van der Waals surface area contributed by atoms with E-state index in [4.69, 9.17) is 29.5 Å². The van der Waals surface area contributed by atoms with E-state index in [-0.39, 0.29) is 52.0 Å². The third-order valence-electron chi connectivity index (χ3n) is 13.4. The zero-order valence-corrected chi connectivity index (χ0v) is 45.2. The Morgan fingerprint density at radius 3 is 2.02 bits per heavy atom. The summed E-state index contributed by atoms with van der Waals surface area (Å²) in [4.78, 5) is 90.6. The smallest absolute Gasteiger partial charge is 0.379 e. The number of aliphatic carboxylic acids is 1. The second-order valence-electron chi connectivity index (χ2n) is 18.5. The molecular formula is C57H47N9O11S3. The van der Waals surface area contributed by atoms with Crippen LogP contribution < -0.4 is 20.5 Å². The van der Waals surface area contributed by atoms with Gasteiger partial charge in [0, 0.05) is 22.6 Å². The first-order chi connectivity index (χ1) is 38.8. The number of rotatable bonds is 18. The highest BCUT2D eigenvalue weighted by atomic mass is 32.2. The number of carboxylic acid groups (broad SMARTS) is 1. The Hall–Kier alpha value is -9.06. The van der Waals surface area contributed by atoms with Crippen molar-refractivity contribution in [1.82, 2.24) is 34.8 Å². The molecule has 80 heavy (non-hydrogen) atoms. The van der Waals surface area contributed by atoms with Gasteiger partial charge < -0.3 is 39.9 Å². The summed E-state index contributed by atoms with van der Waals surface area (Å²) >= 11 is 3.48. The number of nitrogens with zero attached hydrogens (tertiary/aromatic N) is 7. The number of hydrogen-bond acceptors (Lipinski definition) is 19. The summed E-state index contributed by atoms with van der Waals surface area (Å²) < 4.78 is 25.5. The van der Waals surface area contributed by atoms with Gasteiger partial charge in [-0.05, 0) is 71.9 Å². The van der Waals surface area contributed by atoms with E-state index in [1.807, 2.05) is 135 Å². The summed E-state index contributed by atoms with van der Waals surface area (Å²) in [6.07, 6.45) is -3.29. The largest absolute Gasteiger partial charge is 0.477 e. The van der Waals surface area contributed by atoms with E-state index < -0.39 is 65.2 Å². The molecule has 1 unspecified atom stereocenters. The Morgan fingerprint density at radius 1 is 0.825 bits per heavy atom. The van der Waals surface area contributed by atoms with Crippen LogP contribution in [0.5, 0.6) is 11.5 Å². The number of carbonyl (C=O) groups is 5. The number of anilines is 1. The molecule has 0 saturated carbocycles. The monoisotopic (exact) mass is 1130 g/mol. The van der Waals surface area contributed by atoms with Gasteiger partial charge >= 0.3 is 17.9 Å². The Morgan fingerprint density at radius 2 is 1.44 bits per heavy atom. The van der Waals surface area contributed by atoms with E-state index in [0.717, 1.165) is 32.9 Å². The van der Waals surface area contributed by atoms with Crippen LogP contribution in [0.25, 0.3) is 5.78 Å². The minimum atomic E-state index is -1.65. The molecule has 4 aliphatic heterocycles. The van der Waals surface area contributed by atoms with Crippen LogP contribution in [-0.4, -0.2) is 99.7 Å². The van der Waals surface area contributed by atoms with Crippen molar-refractivity contribution in [3.8, 4) is 11.5 Å². The summed E-state index contributed by atoms with van der Waals surface area (Å²) in [6, 6.07) is 39.0. The number of β-lactam (4-membered cyclic amide) rings is 1. The van der Waals surface area contributed by atoms with Crippen molar-refractivity contribution in [2.75, 3.05) is 24.0 Å². The minimum absolute atomic E-state index is 0.0285. The third-order valence-corrected chi connectivity index (χ3v) is 16.4. The molecule has 20 nitrogen and oxygen atoms in total. The summed E-state index contributed by atoms with van der Waals surface area (Å²) in [5.41, 5.74) is 10.8. The summed E-state index contributed by atoms with van der Waals surface area (Å²) in [7, 11) is 0. The number of benzene rings is 5. The molecule has 1 saturated heterocycles. The highest BCUT2D eigenvalue weighted by molar-refractivity contribution is 8.01. The predicted octanol–water partition coefficient (Wildman–Crippen LogP) is 8.09. The van der Waals surface area contributed by atoms with Gasteiger partial charge in [0.1, 0.15) is 39.3 Å². The summed E-state index contributed by atoms with van der Waals surface area (Å²) in [5.74, 6) is -3.78. The third kappa shape index (κ3) is 10.6. The van der Waals surface area contributed by atoms with Crippen molar-refractivity contribution in [3.63, 3.8) is 0 Å². The Kier molecular flexibility index (Phi) is 15.0. The molecule has 0 aliphatic carbocycles. The number of nitrogens with two attached hydrogens (primary N) is 1. The van der Waals surface area contributed by atoms with Gasteiger partial charge in [0.15, 0.2) is 23.1 Å². The van der Waals surface area contributed by atoms with Gasteiger partial charge in [-0.2, -0.15) is 9.50 Å². The molecule has 23 heteroatoms. The first-order valence-electron chi connectivity index (χ1n) is 24.9. The van der Waals surface area contributed by atoms with Crippen LogP contribution >= 0.6 is 34.9 Å². The molecule has 3 aromatic heterocycles. The number of thioether (sulfide) groups is 2. The molecule has 2 amide bonds. The second-order valence-corrected chi connectivity index (χ2v) is 21.5. The fraction of sp³-hybridized carbons (Fsp3) is 0.193. The maximum Gasteiger partial charge on any atom is 0.379 e. The van der Waals surface area contributed by atoms with Crippen molar-refractivity contribution in [3.05, 3.63) is 206 Å². The van der Waals surface area contributed by atoms with E-state index in [2.05, 4.69) is 30.5 Å². The molecule has 3 atom stereocenters. The molecule has 4 aliphatic rings. The van der Waals surface area contributed by atoms with E-state index >= 15 is 0 Å². The average molecular weight is 1130 g/mol. The lowest BCUT2D eigenvalue weighted by atomic mass is 9.99. The molecule has 7 heterocycles. The van der Waals surface area contributed by atoms with Crippen LogP contribution in [-0.2, 0) is 33.5 Å². The van der Waals surface area contributed by atoms with Gasteiger partial charge in [0.05, 0.1) is 5.56 Å². The highest BCUT2D eigenvalue weighted by Crippen LogP contribution is 2.44. The van der Waals surface area contributed by atoms with Gasteiger partial charge in [-0.1, -0.05) is 126 Å². The maximum absolute atomic E-state index is 14.7. The number of fused-ring (bicyclic) bond motifs is 6. The van der Waals surface area contributed by atoms with Crippen LogP contribution in [0.1, 0.15) is 79.3 Å². The number of nitrogen functional groups attached to an aromatic ring is 1. The molecular weight excluding hydrogens is 1080 g/mol. The molecule has 8 aromatic rings.